The second-order valence-corrected chi connectivity index (χ2v) is 6.90. The van der Waals surface area contributed by atoms with Gasteiger partial charge in [-0.15, -0.1) is 11.8 Å². The molecule has 2 rings (SSSR count). The van der Waals surface area contributed by atoms with Crippen LogP contribution >= 0.6 is 39.9 Å². The van der Waals surface area contributed by atoms with E-state index in [9.17, 15) is 0 Å². The Kier molecular flexibility index (Phi) is 4.98. The van der Waals surface area contributed by atoms with Crippen LogP contribution in [0.1, 0.15) is 23.3 Å². The fraction of sp³-hybridized carbons (Fsp3) is 0.133. The molecule has 0 spiro atoms. The van der Waals surface area contributed by atoms with Crippen LogP contribution in [-0.2, 0) is 0 Å². The average molecular weight is 337 g/mol. The van der Waals surface area contributed by atoms with Crippen molar-refractivity contribution in [3.8, 4) is 0 Å². The Labute approximate surface area is 126 Å². The van der Waals surface area contributed by atoms with Crippen molar-refractivity contribution in [2.75, 3.05) is 0 Å². The molecule has 2 aromatic carbocycles. The fourth-order valence-electron chi connectivity index (χ4n) is 1.61. The molecule has 2 aromatic rings. The van der Waals surface area contributed by atoms with E-state index in [4.69, 9.17) is 12.2 Å². The maximum atomic E-state index is 5.49. The SMILES string of the molecule is CC(SC(=S)c1ccc(Br)cc1)c1ccccc1. The van der Waals surface area contributed by atoms with Crippen LogP contribution in [0.2, 0.25) is 0 Å². The maximum absolute atomic E-state index is 5.49. The quantitative estimate of drug-likeness (QED) is 0.667. The summed E-state index contributed by atoms with van der Waals surface area (Å²) in [6, 6.07) is 18.6. The Morgan fingerprint density at radius 2 is 1.67 bits per heavy atom. The van der Waals surface area contributed by atoms with Gasteiger partial charge in [0.05, 0.1) is 4.20 Å². The summed E-state index contributed by atoms with van der Waals surface area (Å²) in [6.45, 7) is 2.19. The Balaban J connectivity index is 2.06. The summed E-state index contributed by atoms with van der Waals surface area (Å²) in [5.74, 6) is 0. The molecule has 92 valence electrons. The van der Waals surface area contributed by atoms with Crippen molar-refractivity contribution in [3.05, 3.63) is 70.2 Å². The van der Waals surface area contributed by atoms with Gasteiger partial charge in [0, 0.05) is 9.72 Å². The number of hydrogen-bond donors (Lipinski definition) is 0. The van der Waals surface area contributed by atoms with Crippen molar-refractivity contribution < 1.29 is 0 Å². The first kappa shape index (κ1) is 13.8. The first-order valence-electron chi connectivity index (χ1n) is 5.68. The predicted octanol–water partition coefficient (Wildman–Crippen LogP) is 5.62. The monoisotopic (exact) mass is 336 g/mol. The standard InChI is InChI=1S/C15H13BrS2/c1-11(12-5-3-2-4-6-12)18-15(17)13-7-9-14(16)10-8-13/h2-11H,1H3. The lowest BCUT2D eigenvalue weighted by molar-refractivity contribution is 1.11. The van der Waals surface area contributed by atoms with Gasteiger partial charge in [0.1, 0.15) is 0 Å². The molecule has 1 atom stereocenters. The van der Waals surface area contributed by atoms with Crippen LogP contribution in [0.4, 0.5) is 0 Å². The van der Waals surface area contributed by atoms with E-state index in [-0.39, 0.29) is 0 Å². The minimum absolute atomic E-state index is 0.377. The summed E-state index contributed by atoms with van der Waals surface area (Å²) in [6.07, 6.45) is 0. The van der Waals surface area contributed by atoms with Crippen molar-refractivity contribution in [2.24, 2.45) is 0 Å². The second-order valence-electron chi connectivity index (χ2n) is 3.97. The van der Waals surface area contributed by atoms with E-state index in [1.807, 2.05) is 18.2 Å². The molecule has 18 heavy (non-hydrogen) atoms. The topological polar surface area (TPSA) is 0 Å². The molecule has 0 amide bonds. The van der Waals surface area contributed by atoms with Crippen LogP contribution in [0.3, 0.4) is 0 Å². The van der Waals surface area contributed by atoms with Gasteiger partial charge < -0.3 is 0 Å². The molecule has 1 unspecified atom stereocenters. The third kappa shape index (κ3) is 3.67. The zero-order valence-electron chi connectivity index (χ0n) is 9.97. The number of halogens is 1. The molecular weight excluding hydrogens is 324 g/mol. The molecule has 0 aliphatic carbocycles. The normalized spacial score (nSPS) is 12.1. The lowest BCUT2D eigenvalue weighted by atomic mass is 10.2. The van der Waals surface area contributed by atoms with Gasteiger partial charge in [0.2, 0.25) is 0 Å². The van der Waals surface area contributed by atoms with Gasteiger partial charge in [0.15, 0.2) is 0 Å². The van der Waals surface area contributed by atoms with Crippen LogP contribution in [-0.4, -0.2) is 4.20 Å². The zero-order valence-corrected chi connectivity index (χ0v) is 13.2. The average Bonchev–Trinajstić information content (AvgIpc) is 2.40. The summed E-state index contributed by atoms with van der Waals surface area (Å²) in [5, 5.41) is 0.377. The molecule has 0 nitrogen and oxygen atoms in total. The van der Waals surface area contributed by atoms with Crippen molar-refractivity contribution >= 4 is 44.1 Å². The van der Waals surface area contributed by atoms with E-state index >= 15 is 0 Å². The third-order valence-electron chi connectivity index (χ3n) is 2.63. The molecule has 3 heteroatoms. The third-order valence-corrected chi connectivity index (χ3v) is 4.76. The minimum Gasteiger partial charge on any atom is -0.106 e. The molecule has 0 N–H and O–H groups in total. The second kappa shape index (κ2) is 6.50. The van der Waals surface area contributed by atoms with Crippen molar-refractivity contribution in [2.45, 2.75) is 12.2 Å². The summed E-state index contributed by atoms with van der Waals surface area (Å²) in [4.78, 5) is 0. The summed E-state index contributed by atoms with van der Waals surface area (Å²) >= 11 is 10.6. The molecule has 0 saturated carbocycles. The molecule has 0 aliphatic rings. The van der Waals surface area contributed by atoms with Gasteiger partial charge in [-0.2, -0.15) is 0 Å². The first-order valence-corrected chi connectivity index (χ1v) is 7.76. The van der Waals surface area contributed by atoms with Crippen LogP contribution in [0.15, 0.2) is 59.1 Å². The highest BCUT2D eigenvalue weighted by Gasteiger charge is 2.10. The fourth-order valence-corrected chi connectivity index (χ4v) is 3.33. The zero-order chi connectivity index (χ0) is 13.0. The van der Waals surface area contributed by atoms with E-state index < -0.39 is 0 Å². The Morgan fingerprint density at radius 3 is 2.28 bits per heavy atom. The van der Waals surface area contributed by atoms with E-state index in [1.165, 1.54) is 5.56 Å². The minimum atomic E-state index is 0.377. The van der Waals surface area contributed by atoms with Gasteiger partial charge in [-0.25, -0.2) is 0 Å². The molecule has 0 heterocycles. The van der Waals surface area contributed by atoms with Crippen LogP contribution < -0.4 is 0 Å². The summed E-state index contributed by atoms with van der Waals surface area (Å²) < 4.78 is 2.02. The first-order chi connectivity index (χ1) is 8.66. The molecular formula is C15H13BrS2. The highest BCUT2D eigenvalue weighted by atomic mass is 79.9. The van der Waals surface area contributed by atoms with Gasteiger partial charge in [-0.05, 0) is 30.2 Å². The lowest BCUT2D eigenvalue weighted by Gasteiger charge is -2.12. The van der Waals surface area contributed by atoms with Gasteiger partial charge in [0.25, 0.3) is 0 Å². The molecule has 0 aromatic heterocycles. The maximum Gasteiger partial charge on any atom is 0.0784 e. The molecule has 0 bridgehead atoms. The van der Waals surface area contributed by atoms with E-state index in [0.29, 0.717) is 5.25 Å². The largest absolute Gasteiger partial charge is 0.106 e. The molecule has 0 radical (unpaired) electrons. The van der Waals surface area contributed by atoms with Crippen molar-refractivity contribution in [1.29, 1.82) is 0 Å². The van der Waals surface area contributed by atoms with E-state index in [0.717, 1.165) is 14.2 Å². The summed E-state index contributed by atoms with van der Waals surface area (Å²) in [5.41, 5.74) is 2.42. The number of thioether (sulfide) groups is 1. The highest BCUT2D eigenvalue weighted by molar-refractivity contribution is 9.10. The summed E-state index contributed by atoms with van der Waals surface area (Å²) in [7, 11) is 0. The smallest absolute Gasteiger partial charge is 0.0784 e. The van der Waals surface area contributed by atoms with E-state index in [1.54, 1.807) is 11.8 Å². The van der Waals surface area contributed by atoms with Crippen LogP contribution in [0.5, 0.6) is 0 Å². The van der Waals surface area contributed by atoms with Crippen molar-refractivity contribution in [1.82, 2.24) is 0 Å². The molecule has 0 saturated heterocycles. The Morgan fingerprint density at radius 1 is 1.06 bits per heavy atom. The highest BCUT2D eigenvalue weighted by Crippen LogP contribution is 2.31. The van der Waals surface area contributed by atoms with Gasteiger partial charge in [-0.3, -0.25) is 0 Å². The number of rotatable bonds is 3. The Hall–Kier alpha value is -0.640. The lowest BCUT2D eigenvalue weighted by Crippen LogP contribution is -1.96. The van der Waals surface area contributed by atoms with Crippen LogP contribution in [0, 0.1) is 0 Å². The van der Waals surface area contributed by atoms with Gasteiger partial charge >= 0.3 is 0 Å². The number of benzene rings is 2. The Bertz CT molecular complexity index is 520. The van der Waals surface area contributed by atoms with Crippen molar-refractivity contribution in [3.63, 3.8) is 0 Å². The number of thiocarbonyl (C=S) groups is 1. The predicted molar refractivity (Wildman–Crippen MR) is 88.3 cm³/mol. The molecule has 0 aliphatic heterocycles. The van der Waals surface area contributed by atoms with Gasteiger partial charge in [-0.1, -0.05) is 70.6 Å². The molecule has 0 fully saturated rings. The van der Waals surface area contributed by atoms with Crippen LogP contribution in [0.25, 0.3) is 0 Å². The van der Waals surface area contributed by atoms with E-state index in [2.05, 4.69) is 59.3 Å². The number of hydrogen-bond acceptors (Lipinski definition) is 2.